The van der Waals surface area contributed by atoms with Crippen LogP contribution >= 0.6 is 0 Å². The topological polar surface area (TPSA) is 95.5 Å². The van der Waals surface area contributed by atoms with Crippen LogP contribution in [0.5, 0.6) is 0 Å². The van der Waals surface area contributed by atoms with Gasteiger partial charge in [-0.1, -0.05) is 42.5 Å². The first-order valence-electron chi connectivity index (χ1n) is 7.06. The maximum absolute atomic E-state index is 11.9. The van der Waals surface area contributed by atoms with E-state index in [1.807, 2.05) is 42.5 Å². The van der Waals surface area contributed by atoms with Gasteiger partial charge in [-0.3, -0.25) is 9.59 Å². The fourth-order valence-electron chi connectivity index (χ4n) is 2.63. The van der Waals surface area contributed by atoms with Crippen LogP contribution in [0.4, 0.5) is 4.79 Å². The summed E-state index contributed by atoms with van der Waals surface area (Å²) < 4.78 is 0. The second kappa shape index (κ2) is 5.92. The summed E-state index contributed by atoms with van der Waals surface area (Å²) in [6.07, 6.45) is 0.892. The summed E-state index contributed by atoms with van der Waals surface area (Å²) in [5.74, 6) is -1.86. The number of carbonyl (C=O) groups excluding carboxylic acids is 2. The van der Waals surface area contributed by atoms with Gasteiger partial charge >= 0.3 is 12.0 Å². The summed E-state index contributed by atoms with van der Waals surface area (Å²) in [5.41, 5.74) is 0.854. The maximum Gasteiger partial charge on any atom is 0.320 e. The van der Waals surface area contributed by atoms with Crippen molar-refractivity contribution in [2.24, 2.45) is 0 Å². The zero-order valence-electron chi connectivity index (χ0n) is 12.1. The number of Topliss-reactive ketones (excluding diaryl/α,β-unsaturated/α-hetero) is 1. The van der Waals surface area contributed by atoms with Crippen LogP contribution in [0.1, 0.15) is 18.0 Å². The van der Waals surface area contributed by atoms with Crippen LogP contribution in [-0.2, 0) is 9.59 Å². The van der Waals surface area contributed by atoms with Crippen LogP contribution in [0, 0.1) is 0 Å². The van der Waals surface area contributed by atoms with Crippen LogP contribution in [0.3, 0.4) is 0 Å². The molecule has 1 aliphatic rings. The van der Waals surface area contributed by atoms with Gasteiger partial charge in [0.05, 0.1) is 11.7 Å². The Labute approximate surface area is 131 Å². The molecule has 6 heteroatoms. The minimum absolute atomic E-state index is 0.00841. The molecule has 0 aliphatic carbocycles. The maximum atomic E-state index is 11.9. The van der Waals surface area contributed by atoms with E-state index in [2.05, 4.69) is 10.6 Å². The Kier molecular flexibility index (Phi) is 3.80. The number of fused-ring (bicyclic) bond motifs is 1. The minimum atomic E-state index is -1.23. The Morgan fingerprint density at radius 1 is 1.09 bits per heavy atom. The summed E-state index contributed by atoms with van der Waals surface area (Å²) in [6.45, 7) is 0. The number of hydrogen-bond donors (Lipinski definition) is 3. The predicted octanol–water partition coefficient (Wildman–Crippen LogP) is 2.12. The van der Waals surface area contributed by atoms with E-state index in [0.29, 0.717) is 0 Å². The summed E-state index contributed by atoms with van der Waals surface area (Å²) in [6, 6.07) is 12.4. The highest BCUT2D eigenvalue weighted by Crippen LogP contribution is 2.27. The molecule has 23 heavy (non-hydrogen) atoms. The molecule has 2 aromatic carbocycles. The lowest BCUT2D eigenvalue weighted by Gasteiger charge is -2.24. The van der Waals surface area contributed by atoms with Crippen LogP contribution in [0.2, 0.25) is 0 Å². The standard InChI is InChI=1S/C17H14N2O4/c20-15(9-16(21)22)14-8-13(18-17(23)19-14)12-7-3-5-10-4-1-2-6-11(10)12/h1-8,13H,9H2,(H,21,22)(H2,18,19,23). The van der Waals surface area contributed by atoms with Crippen molar-refractivity contribution in [2.75, 3.05) is 0 Å². The van der Waals surface area contributed by atoms with Crippen molar-refractivity contribution >= 4 is 28.6 Å². The van der Waals surface area contributed by atoms with Crippen molar-refractivity contribution in [2.45, 2.75) is 12.5 Å². The quantitative estimate of drug-likeness (QED) is 0.754. The number of allylic oxidation sites excluding steroid dienone is 1. The first-order chi connectivity index (χ1) is 11.0. The number of carboxylic acids is 1. The molecule has 0 fully saturated rings. The molecule has 6 nitrogen and oxygen atoms in total. The molecule has 0 saturated carbocycles. The summed E-state index contributed by atoms with van der Waals surface area (Å²) in [4.78, 5) is 34.4. The van der Waals surface area contributed by atoms with E-state index in [0.717, 1.165) is 16.3 Å². The average Bonchev–Trinajstić information content (AvgIpc) is 2.53. The Hall–Kier alpha value is -3.15. The zero-order chi connectivity index (χ0) is 16.4. The Morgan fingerprint density at radius 2 is 1.83 bits per heavy atom. The molecule has 3 rings (SSSR count). The number of benzene rings is 2. The van der Waals surface area contributed by atoms with Gasteiger partial charge in [0.2, 0.25) is 0 Å². The molecule has 0 aromatic heterocycles. The van der Waals surface area contributed by atoms with Crippen LogP contribution in [0.15, 0.2) is 54.2 Å². The third-order valence-corrected chi connectivity index (χ3v) is 3.64. The number of urea groups is 1. The van der Waals surface area contributed by atoms with Crippen molar-refractivity contribution in [3.8, 4) is 0 Å². The van der Waals surface area contributed by atoms with Gasteiger partial charge in [0.25, 0.3) is 0 Å². The molecule has 2 amide bonds. The lowest BCUT2D eigenvalue weighted by Crippen LogP contribution is -2.43. The SMILES string of the molecule is O=C(O)CC(=O)C1=CC(c2cccc3ccccc23)NC(=O)N1. The van der Waals surface area contributed by atoms with Gasteiger partial charge in [-0.25, -0.2) is 4.79 Å². The average molecular weight is 310 g/mol. The second-order valence-corrected chi connectivity index (χ2v) is 5.22. The van der Waals surface area contributed by atoms with E-state index in [-0.39, 0.29) is 5.70 Å². The highest BCUT2D eigenvalue weighted by atomic mass is 16.4. The lowest BCUT2D eigenvalue weighted by molar-refractivity contribution is -0.139. The van der Waals surface area contributed by atoms with Gasteiger partial charge in [0.1, 0.15) is 6.42 Å². The number of rotatable bonds is 4. The molecule has 0 radical (unpaired) electrons. The molecule has 0 bridgehead atoms. The van der Waals surface area contributed by atoms with Crippen LogP contribution in [-0.4, -0.2) is 22.9 Å². The monoisotopic (exact) mass is 310 g/mol. The molecule has 1 unspecified atom stereocenters. The first-order valence-corrected chi connectivity index (χ1v) is 7.06. The molecule has 116 valence electrons. The number of ketones is 1. The van der Waals surface area contributed by atoms with E-state index in [1.54, 1.807) is 6.08 Å². The minimum Gasteiger partial charge on any atom is -0.481 e. The highest BCUT2D eigenvalue weighted by molar-refractivity contribution is 6.07. The van der Waals surface area contributed by atoms with Crippen molar-refractivity contribution in [3.63, 3.8) is 0 Å². The first kappa shape index (κ1) is 14.8. The lowest BCUT2D eigenvalue weighted by atomic mass is 9.96. The van der Waals surface area contributed by atoms with Gasteiger partial charge < -0.3 is 15.7 Å². The van der Waals surface area contributed by atoms with Gasteiger partial charge in [0.15, 0.2) is 5.78 Å². The number of nitrogens with one attached hydrogen (secondary N) is 2. The Morgan fingerprint density at radius 3 is 2.61 bits per heavy atom. The normalized spacial score (nSPS) is 17.1. The number of amides is 2. The van der Waals surface area contributed by atoms with Crippen molar-refractivity contribution in [1.82, 2.24) is 10.6 Å². The third-order valence-electron chi connectivity index (χ3n) is 3.64. The van der Waals surface area contributed by atoms with Gasteiger partial charge in [-0.15, -0.1) is 0 Å². The highest BCUT2D eigenvalue weighted by Gasteiger charge is 2.25. The van der Waals surface area contributed by atoms with Crippen LogP contribution in [0.25, 0.3) is 10.8 Å². The number of hydrogen-bond acceptors (Lipinski definition) is 3. The second-order valence-electron chi connectivity index (χ2n) is 5.22. The predicted molar refractivity (Wildman–Crippen MR) is 83.7 cm³/mol. The fourth-order valence-corrected chi connectivity index (χ4v) is 2.63. The Bertz CT molecular complexity index is 836. The molecule has 1 aliphatic heterocycles. The Balaban J connectivity index is 2.02. The van der Waals surface area contributed by atoms with E-state index in [4.69, 9.17) is 5.11 Å². The summed E-state index contributed by atoms with van der Waals surface area (Å²) in [7, 11) is 0. The van der Waals surface area contributed by atoms with Crippen molar-refractivity contribution < 1.29 is 19.5 Å². The molecular formula is C17H14N2O4. The molecule has 2 aromatic rings. The van der Waals surface area contributed by atoms with Crippen LogP contribution < -0.4 is 10.6 Å². The van der Waals surface area contributed by atoms with E-state index in [1.165, 1.54) is 0 Å². The van der Waals surface area contributed by atoms with E-state index in [9.17, 15) is 14.4 Å². The third kappa shape index (κ3) is 3.06. The van der Waals surface area contributed by atoms with E-state index < -0.39 is 30.2 Å². The fraction of sp³-hybridized carbons (Fsp3) is 0.118. The van der Waals surface area contributed by atoms with Crippen molar-refractivity contribution in [3.05, 3.63) is 59.8 Å². The van der Waals surface area contributed by atoms with Gasteiger partial charge in [-0.2, -0.15) is 0 Å². The summed E-state index contributed by atoms with van der Waals surface area (Å²) >= 11 is 0. The van der Waals surface area contributed by atoms with Crippen molar-refractivity contribution in [1.29, 1.82) is 0 Å². The summed E-state index contributed by atoms with van der Waals surface area (Å²) in [5, 5.41) is 15.8. The number of carbonyl (C=O) groups is 3. The number of carboxylic acid groups (broad SMARTS) is 1. The molecule has 1 atom stereocenters. The smallest absolute Gasteiger partial charge is 0.320 e. The largest absolute Gasteiger partial charge is 0.481 e. The molecule has 0 spiro atoms. The molecular weight excluding hydrogens is 296 g/mol. The molecule has 3 N–H and O–H groups in total. The molecule has 1 heterocycles. The number of aliphatic carboxylic acids is 1. The van der Waals surface area contributed by atoms with Gasteiger partial charge in [0, 0.05) is 0 Å². The zero-order valence-corrected chi connectivity index (χ0v) is 12.1. The van der Waals surface area contributed by atoms with E-state index >= 15 is 0 Å². The molecule has 0 saturated heterocycles. The van der Waals surface area contributed by atoms with Gasteiger partial charge in [-0.05, 0) is 22.4 Å².